The Morgan fingerprint density at radius 1 is 1.15 bits per heavy atom. The lowest BCUT2D eigenvalue weighted by molar-refractivity contribution is -0.118. The molecule has 27 heavy (non-hydrogen) atoms. The van der Waals surface area contributed by atoms with E-state index in [1.54, 1.807) is 6.07 Å². The maximum Gasteiger partial charge on any atom is 0.262 e. The number of anilines is 1. The molecule has 3 rings (SSSR count). The Morgan fingerprint density at radius 3 is 2.59 bits per heavy atom. The fraction of sp³-hybridized carbons (Fsp3) is 0.429. The summed E-state index contributed by atoms with van der Waals surface area (Å²) in [4.78, 5) is 25.7. The second kappa shape index (κ2) is 9.04. The van der Waals surface area contributed by atoms with E-state index in [1.165, 1.54) is 24.2 Å². The van der Waals surface area contributed by atoms with Crippen molar-refractivity contribution in [2.45, 2.75) is 51.7 Å². The van der Waals surface area contributed by atoms with Gasteiger partial charge in [0.05, 0.1) is 11.0 Å². The molecular formula is C21H26N2O3S. The number of ether oxygens (including phenoxy) is 1. The van der Waals surface area contributed by atoms with E-state index in [0.717, 1.165) is 18.6 Å². The minimum absolute atomic E-state index is 0.0353. The van der Waals surface area contributed by atoms with Crippen LogP contribution in [0.2, 0.25) is 0 Å². The lowest BCUT2D eigenvalue weighted by Crippen LogP contribution is -2.46. The number of nitrogens with one attached hydrogen (secondary N) is 2. The quantitative estimate of drug-likeness (QED) is 0.738. The number of benzene rings is 1. The van der Waals surface area contributed by atoms with E-state index in [2.05, 4.69) is 10.6 Å². The van der Waals surface area contributed by atoms with Crippen LogP contribution in [0.25, 0.3) is 0 Å². The number of thiophene rings is 1. The zero-order valence-electron chi connectivity index (χ0n) is 15.7. The van der Waals surface area contributed by atoms with Crippen LogP contribution in [0.1, 0.15) is 49.2 Å². The number of amides is 2. The first-order valence-electron chi connectivity index (χ1n) is 9.45. The number of rotatable bonds is 7. The Bertz CT molecular complexity index is 767. The molecule has 0 spiro atoms. The Balaban J connectivity index is 1.63. The minimum atomic E-state index is -0.612. The van der Waals surface area contributed by atoms with E-state index in [1.807, 2.05) is 49.6 Å². The van der Waals surface area contributed by atoms with Crippen LogP contribution in [0.3, 0.4) is 0 Å². The van der Waals surface area contributed by atoms with Crippen LogP contribution in [0.4, 0.5) is 5.69 Å². The van der Waals surface area contributed by atoms with Crippen LogP contribution in [0, 0.1) is 5.92 Å². The van der Waals surface area contributed by atoms with Crippen LogP contribution in [0.15, 0.2) is 41.8 Å². The third-order valence-corrected chi connectivity index (χ3v) is 5.56. The second-order valence-electron chi connectivity index (χ2n) is 7.21. The molecule has 5 nitrogen and oxygen atoms in total. The highest BCUT2D eigenvalue weighted by atomic mass is 32.1. The maximum absolute atomic E-state index is 12.8. The smallest absolute Gasteiger partial charge is 0.262 e. The van der Waals surface area contributed by atoms with Crippen molar-refractivity contribution in [1.82, 2.24) is 5.32 Å². The van der Waals surface area contributed by atoms with Gasteiger partial charge in [-0.25, -0.2) is 0 Å². The predicted octanol–water partition coefficient (Wildman–Crippen LogP) is 4.46. The molecule has 0 unspecified atom stereocenters. The van der Waals surface area contributed by atoms with Gasteiger partial charge in [0.15, 0.2) is 0 Å². The highest BCUT2D eigenvalue weighted by Gasteiger charge is 2.25. The Kier molecular flexibility index (Phi) is 6.50. The van der Waals surface area contributed by atoms with Crippen LogP contribution < -0.4 is 15.4 Å². The lowest BCUT2D eigenvalue weighted by Gasteiger charge is -2.22. The molecule has 0 saturated heterocycles. The minimum Gasteiger partial charge on any atom is -0.490 e. The average molecular weight is 387 g/mol. The summed E-state index contributed by atoms with van der Waals surface area (Å²) >= 11 is 1.36. The van der Waals surface area contributed by atoms with Crippen molar-refractivity contribution < 1.29 is 14.3 Å². The van der Waals surface area contributed by atoms with Gasteiger partial charge in [-0.3, -0.25) is 9.59 Å². The van der Waals surface area contributed by atoms with Gasteiger partial charge in [-0.05, 0) is 55.2 Å². The molecule has 0 bridgehead atoms. The molecule has 2 aromatic rings. The fourth-order valence-corrected chi connectivity index (χ4v) is 3.85. The number of carbonyl (C=O) groups is 2. The van der Waals surface area contributed by atoms with Crippen molar-refractivity contribution in [2.24, 2.45) is 5.92 Å². The fourth-order valence-electron chi connectivity index (χ4n) is 3.22. The van der Waals surface area contributed by atoms with Gasteiger partial charge >= 0.3 is 0 Å². The summed E-state index contributed by atoms with van der Waals surface area (Å²) < 4.78 is 6.00. The van der Waals surface area contributed by atoms with Gasteiger partial charge in [0.2, 0.25) is 5.91 Å². The highest BCUT2D eigenvalue weighted by molar-refractivity contribution is 7.12. The summed E-state index contributed by atoms with van der Waals surface area (Å²) in [6.45, 7) is 3.83. The van der Waals surface area contributed by atoms with Crippen LogP contribution >= 0.6 is 11.3 Å². The summed E-state index contributed by atoms with van der Waals surface area (Å²) in [5, 5.41) is 7.59. The maximum atomic E-state index is 12.8. The third-order valence-electron chi connectivity index (χ3n) is 4.69. The topological polar surface area (TPSA) is 67.4 Å². The first kappa shape index (κ1) is 19.4. The molecule has 1 aromatic heterocycles. The molecule has 2 N–H and O–H groups in total. The normalized spacial score (nSPS) is 15.5. The summed E-state index contributed by atoms with van der Waals surface area (Å²) in [5.41, 5.74) is 0.673. The zero-order chi connectivity index (χ0) is 19.2. The molecule has 1 aromatic carbocycles. The van der Waals surface area contributed by atoms with Crippen molar-refractivity contribution >= 4 is 28.8 Å². The van der Waals surface area contributed by atoms with Crippen molar-refractivity contribution in [3.05, 3.63) is 46.7 Å². The van der Waals surface area contributed by atoms with E-state index >= 15 is 0 Å². The number of carbonyl (C=O) groups excluding carboxylic acids is 2. The van der Waals surface area contributed by atoms with Crippen LogP contribution in [-0.4, -0.2) is 24.0 Å². The molecule has 0 aliphatic heterocycles. The van der Waals surface area contributed by atoms with Crippen molar-refractivity contribution in [2.75, 3.05) is 5.32 Å². The van der Waals surface area contributed by atoms with Gasteiger partial charge in [0.1, 0.15) is 11.8 Å². The van der Waals surface area contributed by atoms with E-state index < -0.39 is 6.04 Å². The second-order valence-corrected chi connectivity index (χ2v) is 8.16. The molecule has 1 saturated carbocycles. The largest absolute Gasteiger partial charge is 0.490 e. The molecule has 144 valence electrons. The van der Waals surface area contributed by atoms with E-state index in [4.69, 9.17) is 4.74 Å². The lowest BCUT2D eigenvalue weighted by atomic mass is 10.0. The summed E-state index contributed by atoms with van der Waals surface area (Å²) in [5.74, 6) is 0.278. The molecule has 1 aliphatic carbocycles. The zero-order valence-corrected chi connectivity index (χ0v) is 16.6. The third kappa shape index (κ3) is 5.32. The molecule has 1 aliphatic rings. The molecule has 2 amide bonds. The summed E-state index contributed by atoms with van der Waals surface area (Å²) in [7, 11) is 0. The molecule has 6 heteroatoms. The first-order valence-corrected chi connectivity index (χ1v) is 10.3. The van der Waals surface area contributed by atoms with E-state index in [0.29, 0.717) is 10.6 Å². The Hall–Kier alpha value is -2.34. The van der Waals surface area contributed by atoms with Crippen LogP contribution in [0.5, 0.6) is 5.75 Å². The predicted molar refractivity (Wildman–Crippen MR) is 108 cm³/mol. The van der Waals surface area contributed by atoms with Crippen molar-refractivity contribution in [3.63, 3.8) is 0 Å². The summed E-state index contributed by atoms with van der Waals surface area (Å²) in [6, 6.07) is 10.4. The molecule has 1 fully saturated rings. The van der Waals surface area contributed by atoms with E-state index in [-0.39, 0.29) is 23.8 Å². The van der Waals surface area contributed by atoms with Gasteiger partial charge in [-0.15, -0.1) is 11.3 Å². The number of hydrogen-bond acceptors (Lipinski definition) is 4. The monoisotopic (exact) mass is 386 g/mol. The SMILES string of the molecule is CC(C)[C@@H](NC(=O)c1cccs1)C(=O)Nc1cccc(OC2CCCC2)c1. The van der Waals surface area contributed by atoms with Gasteiger partial charge in [0, 0.05) is 11.8 Å². The first-order chi connectivity index (χ1) is 13.0. The summed E-state index contributed by atoms with van der Waals surface area (Å²) in [6.07, 6.45) is 4.86. The average Bonchev–Trinajstić information content (AvgIpc) is 3.33. The standard InChI is InChI=1S/C21H26N2O3S/c1-14(2)19(23-20(24)18-11-6-12-27-18)21(25)22-15-7-5-10-17(13-15)26-16-8-3-4-9-16/h5-7,10-14,16,19H,3-4,8-9H2,1-2H3,(H,22,25)(H,23,24)/t19-/m1/s1. The molecular weight excluding hydrogens is 360 g/mol. The Labute approximate surface area is 164 Å². The number of hydrogen-bond donors (Lipinski definition) is 2. The van der Waals surface area contributed by atoms with Crippen LogP contribution in [-0.2, 0) is 4.79 Å². The van der Waals surface area contributed by atoms with Gasteiger partial charge in [-0.1, -0.05) is 26.0 Å². The van der Waals surface area contributed by atoms with E-state index in [9.17, 15) is 9.59 Å². The molecule has 0 radical (unpaired) electrons. The molecule has 1 atom stereocenters. The van der Waals surface area contributed by atoms with Gasteiger partial charge in [0.25, 0.3) is 5.91 Å². The van der Waals surface area contributed by atoms with Gasteiger partial charge < -0.3 is 15.4 Å². The van der Waals surface area contributed by atoms with Crippen molar-refractivity contribution in [3.8, 4) is 5.75 Å². The highest BCUT2D eigenvalue weighted by Crippen LogP contribution is 2.26. The molecule has 1 heterocycles. The van der Waals surface area contributed by atoms with Gasteiger partial charge in [-0.2, -0.15) is 0 Å². The van der Waals surface area contributed by atoms with Crippen molar-refractivity contribution in [1.29, 1.82) is 0 Å². The Morgan fingerprint density at radius 2 is 1.93 bits per heavy atom.